The molecule has 2 aromatic rings. The number of aryl methyl sites for hydroxylation is 2. The van der Waals surface area contributed by atoms with Crippen LogP contribution in [-0.4, -0.2) is 4.57 Å². The summed E-state index contributed by atoms with van der Waals surface area (Å²) in [6, 6.07) is 6.72. The van der Waals surface area contributed by atoms with E-state index in [0.717, 1.165) is 16.8 Å². The molecule has 0 aliphatic rings. The molecule has 1 heterocycles. The zero-order valence-corrected chi connectivity index (χ0v) is 10.5. The van der Waals surface area contributed by atoms with E-state index in [4.69, 9.17) is 17.3 Å². The lowest BCUT2D eigenvalue weighted by Crippen LogP contribution is -2.18. The van der Waals surface area contributed by atoms with Gasteiger partial charge in [-0.05, 0) is 43.2 Å². The summed E-state index contributed by atoms with van der Waals surface area (Å²) < 4.78 is 1.55. The highest BCUT2D eigenvalue weighted by Crippen LogP contribution is 2.23. The Bertz CT molecular complexity index is 609. The fraction of sp³-hybridized carbons (Fsp3) is 0.154. The summed E-state index contributed by atoms with van der Waals surface area (Å²) >= 11 is 5.97. The molecular formula is C13H13ClN2O. The summed E-state index contributed by atoms with van der Waals surface area (Å²) in [5.74, 6) is 0. The highest BCUT2D eigenvalue weighted by atomic mass is 35.5. The topological polar surface area (TPSA) is 48.0 Å². The molecule has 3 nitrogen and oxygen atoms in total. The zero-order valence-electron chi connectivity index (χ0n) is 9.70. The van der Waals surface area contributed by atoms with E-state index in [1.54, 1.807) is 16.8 Å². The number of hydrogen-bond acceptors (Lipinski definition) is 2. The molecule has 0 bridgehead atoms. The lowest BCUT2D eigenvalue weighted by Gasteiger charge is -2.13. The number of anilines is 1. The molecule has 17 heavy (non-hydrogen) atoms. The van der Waals surface area contributed by atoms with Crippen molar-refractivity contribution in [1.29, 1.82) is 0 Å². The number of aromatic nitrogens is 1. The predicted molar refractivity (Wildman–Crippen MR) is 70.9 cm³/mol. The molecule has 0 atom stereocenters. The van der Waals surface area contributed by atoms with E-state index >= 15 is 0 Å². The van der Waals surface area contributed by atoms with Crippen LogP contribution in [0.15, 0.2) is 35.3 Å². The average Bonchev–Trinajstić information content (AvgIpc) is 2.21. The van der Waals surface area contributed by atoms with Crippen molar-refractivity contribution in [3.8, 4) is 5.69 Å². The van der Waals surface area contributed by atoms with Crippen LogP contribution in [0.3, 0.4) is 0 Å². The van der Waals surface area contributed by atoms with E-state index in [9.17, 15) is 4.79 Å². The number of nitrogen functional groups attached to an aromatic ring is 1. The first-order valence-electron chi connectivity index (χ1n) is 5.24. The third-order valence-electron chi connectivity index (χ3n) is 2.63. The molecule has 0 aliphatic heterocycles. The molecule has 0 fully saturated rings. The normalized spacial score (nSPS) is 10.5. The van der Waals surface area contributed by atoms with Crippen LogP contribution < -0.4 is 11.3 Å². The maximum absolute atomic E-state index is 11.8. The van der Waals surface area contributed by atoms with E-state index < -0.39 is 0 Å². The third kappa shape index (κ3) is 2.19. The van der Waals surface area contributed by atoms with Crippen LogP contribution in [-0.2, 0) is 0 Å². The Labute approximate surface area is 104 Å². The Balaban J connectivity index is 2.77. The molecule has 0 saturated carbocycles. The lowest BCUT2D eigenvalue weighted by molar-refractivity contribution is 0.968. The number of nitrogens with zero attached hydrogens (tertiary/aromatic N) is 1. The van der Waals surface area contributed by atoms with Crippen molar-refractivity contribution in [3.05, 3.63) is 57.0 Å². The van der Waals surface area contributed by atoms with Gasteiger partial charge in [0.2, 0.25) is 0 Å². The summed E-state index contributed by atoms with van der Waals surface area (Å²) in [5, 5.41) is 0.667. The van der Waals surface area contributed by atoms with Crippen LogP contribution in [0.4, 0.5) is 5.69 Å². The lowest BCUT2D eigenvalue weighted by atomic mass is 10.1. The van der Waals surface area contributed by atoms with Crippen LogP contribution >= 0.6 is 11.6 Å². The van der Waals surface area contributed by atoms with Crippen LogP contribution in [0.1, 0.15) is 11.1 Å². The van der Waals surface area contributed by atoms with Crippen LogP contribution in [0, 0.1) is 13.8 Å². The van der Waals surface area contributed by atoms with Gasteiger partial charge in [0.25, 0.3) is 5.56 Å². The maximum atomic E-state index is 11.8. The fourth-order valence-corrected chi connectivity index (χ4v) is 2.29. The molecule has 2 rings (SSSR count). The molecule has 0 radical (unpaired) electrons. The molecule has 0 spiro atoms. The second-order valence-corrected chi connectivity index (χ2v) is 4.50. The molecule has 4 heteroatoms. The van der Waals surface area contributed by atoms with Gasteiger partial charge in [-0.15, -0.1) is 0 Å². The van der Waals surface area contributed by atoms with Crippen molar-refractivity contribution >= 4 is 17.3 Å². The SMILES string of the molecule is Cc1cc(Cl)cc(C)c1-n1cc(N)ccc1=O. The highest BCUT2D eigenvalue weighted by Gasteiger charge is 2.08. The smallest absolute Gasteiger partial charge is 0.255 e. The van der Waals surface area contributed by atoms with Crippen molar-refractivity contribution in [2.75, 3.05) is 5.73 Å². The van der Waals surface area contributed by atoms with Crippen molar-refractivity contribution in [1.82, 2.24) is 4.57 Å². The molecular weight excluding hydrogens is 236 g/mol. The molecule has 0 aliphatic carbocycles. The van der Waals surface area contributed by atoms with Crippen LogP contribution in [0.5, 0.6) is 0 Å². The van der Waals surface area contributed by atoms with Gasteiger partial charge in [-0.2, -0.15) is 0 Å². The largest absolute Gasteiger partial charge is 0.398 e. The van der Waals surface area contributed by atoms with Crippen LogP contribution in [0.2, 0.25) is 5.02 Å². The molecule has 0 amide bonds. The number of nitrogens with two attached hydrogens (primary N) is 1. The van der Waals surface area contributed by atoms with Gasteiger partial charge in [-0.3, -0.25) is 9.36 Å². The maximum Gasteiger partial charge on any atom is 0.255 e. The highest BCUT2D eigenvalue weighted by molar-refractivity contribution is 6.30. The van der Waals surface area contributed by atoms with E-state index in [1.807, 2.05) is 26.0 Å². The Morgan fingerprint density at radius 1 is 1.18 bits per heavy atom. The fourth-order valence-electron chi connectivity index (χ4n) is 1.96. The van der Waals surface area contributed by atoms with E-state index in [2.05, 4.69) is 0 Å². The van der Waals surface area contributed by atoms with Crippen molar-refractivity contribution in [2.24, 2.45) is 0 Å². The predicted octanol–water partition coefficient (Wildman–Crippen LogP) is 2.69. The van der Waals surface area contributed by atoms with Gasteiger partial charge < -0.3 is 5.73 Å². The molecule has 1 aromatic carbocycles. The minimum atomic E-state index is -0.104. The molecule has 1 aromatic heterocycles. The van der Waals surface area contributed by atoms with Gasteiger partial charge >= 0.3 is 0 Å². The van der Waals surface area contributed by atoms with Gasteiger partial charge in [-0.1, -0.05) is 11.6 Å². The summed E-state index contributed by atoms with van der Waals surface area (Å²) in [6.45, 7) is 3.84. The first-order valence-corrected chi connectivity index (χ1v) is 5.62. The second-order valence-electron chi connectivity index (χ2n) is 4.06. The summed E-state index contributed by atoms with van der Waals surface area (Å²) in [7, 11) is 0. The number of benzene rings is 1. The quantitative estimate of drug-likeness (QED) is 0.844. The second kappa shape index (κ2) is 4.26. The number of hydrogen-bond donors (Lipinski definition) is 1. The van der Waals surface area contributed by atoms with Crippen LogP contribution in [0.25, 0.3) is 5.69 Å². The van der Waals surface area contributed by atoms with E-state index in [1.165, 1.54) is 6.07 Å². The molecule has 0 unspecified atom stereocenters. The van der Waals surface area contributed by atoms with Crippen molar-refractivity contribution < 1.29 is 0 Å². The molecule has 2 N–H and O–H groups in total. The minimum Gasteiger partial charge on any atom is -0.398 e. The van der Waals surface area contributed by atoms with Gasteiger partial charge in [-0.25, -0.2) is 0 Å². The molecule has 0 saturated heterocycles. The average molecular weight is 249 g/mol. The van der Waals surface area contributed by atoms with Crippen molar-refractivity contribution in [2.45, 2.75) is 13.8 Å². The first-order chi connectivity index (χ1) is 7.99. The zero-order chi connectivity index (χ0) is 12.6. The third-order valence-corrected chi connectivity index (χ3v) is 2.85. The van der Waals surface area contributed by atoms with Gasteiger partial charge in [0.1, 0.15) is 0 Å². The summed E-state index contributed by atoms with van der Waals surface area (Å²) in [4.78, 5) is 11.8. The summed E-state index contributed by atoms with van der Waals surface area (Å²) in [5.41, 5.74) is 8.89. The van der Waals surface area contributed by atoms with Gasteiger partial charge in [0.15, 0.2) is 0 Å². The Kier molecular flexibility index (Phi) is 2.94. The van der Waals surface area contributed by atoms with E-state index in [-0.39, 0.29) is 5.56 Å². The van der Waals surface area contributed by atoms with Gasteiger partial charge in [0, 0.05) is 23.0 Å². The number of pyridine rings is 1. The Morgan fingerprint density at radius 2 is 1.76 bits per heavy atom. The van der Waals surface area contributed by atoms with Gasteiger partial charge in [0.05, 0.1) is 5.69 Å². The minimum absolute atomic E-state index is 0.104. The molecule has 88 valence electrons. The monoisotopic (exact) mass is 248 g/mol. The van der Waals surface area contributed by atoms with Crippen molar-refractivity contribution in [3.63, 3.8) is 0 Å². The first kappa shape index (κ1) is 11.7. The summed E-state index contributed by atoms with van der Waals surface area (Å²) in [6.07, 6.45) is 1.63. The number of halogens is 1. The Hall–Kier alpha value is -1.74. The van der Waals surface area contributed by atoms with E-state index in [0.29, 0.717) is 10.7 Å². The Morgan fingerprint density at radius 3 is 2.35 bits per heavy atom. The standard InChI is InChI=1S/C13H13ClN2O/c1-8-5-10(14)6-9(2)13(8)16-7-11(15)3-4-12(16)17/h3-7H,15H2,1-2H3. The number of rotatable bonds is 1.